The van der Waals surface area contributed by atoms with Crippen LogP contribution in [0.3, 0.4) is 0 Å². The molecule has 1 aliphatic carbocycles. The van der Waals surface area contributed by atoms with Crippen LogP contribution in [0.1, 0.15) is 19.3 Å². The molecule has 2 fully saturated rings. The van der Waals surface area contributed by atoms with Gasteiger partial charge in [-0.1, -0.05) is 0 Å². The Morgan fingerprint density at radius 3 is 2.65 bits per heavy atom. The van der Waals surface area contributed by atoms with E-state index in [-0.39, 0.29) is 11.8 Å². The van der Waals surface area contributed by atoms with Crippen molar-refractivity contribution >= 4 is 11.7 Å². The predicted octanol–water partition coefficient (Wildman–Crippen LogP) is 2.86. The fraction of sp³-hybridized carbons (Fsp3) is 0.533. The minimum absolute atomic E-state index is 0.0917. The number of benzene rings is 1. The molecule has 108 valence electrons. The van der Waals surface area contributed by atoms with Gasteiger partial charge in [-0.05, 0) is 43.5 Å². The number of halogens is 1. The highest BCUT2D eigenvalue weighted by Gasteiger charge is 2.34. The first-order valence-corrected chi connectivity index (χ1v) is 7.13. The third kappa shape index (κ3) is 3.28. The van der Waals surface area contributed by atoms with Gasteiger partial charge in [-0.3, -0.25) is 0 Å². The molecule has 0 bridgehead atoms. The van der Waals surface area contributed by atoms with Crippen molar-refractivity contribution in [1.82, 2.24) is 4.90 Å². The summed E-state index contributed by atoms with van der Waals surface area (Å²) < 4.78 is 18.2. The van der Waals surface area contributed by atoms with E-state index >= 15 is 0 Å². The highest BCUT2D eigenvalue weighted by atomic mass is 19.1. The zero-order valence-electron chi connectivity index (χ0n) is 11.3. The van der Waals surface area contributed by atoms with Crippen molar-refractivity contribution in [3.8, 4) is 0 Å². The van der Waals surface area contributed by atoms with Crippen LogP contribution in [0.4, 0.5) is 14.9 Å². The summed E-state index contributed by atoms with van der Waals surface area (Å²) in [5.74, 6) is 0.139. The van der Waals surface area contributed by atoms with E-state index in [0.717, 1.165) is 39.0 Å². The predicted molar refractivity (Wildman–Crippen MR) is 74.1 cm³/mol. The highest BCUT2D eigenvalue weighted by molar-refractivity contribution is 5.89. The minimum atomic E-state index is -0.301. The lowest BCUT2D eigenvalue weighted by molar-refractivity contribution is 0.167. The first-order valence-electron chi connectivity index (χ1n) is 7.13. The van der Waals surface area contributed by atoms with Crippen LogP contribution in [0.15, 0.2) is 24.3 Å². The average Bonchev–Trinajstić information content (AvgIpc) is 3.15. The average molecular weight is 278 g/mol. The number of anilines is 1. The summed E-state index contributed by atoms with van der Waals surface area (Å²) >= 11 is 0. The van der Waals surface area contributed by atoms with Crippen molar-refractivity contribution in [2.24, 2.45) is 5.92 Å². The van der Waals surface area contributed by atoms with Crippen LogP contribution in [0.5, 0.6) is 0 Å². The van der Waals surface area contributed by atoms with Crippen molar-refractivity contribution in [3.63, 3.8) is 0 Å². The molecular weight excluding hydrogens is 259 g/mol. The molecule has 0 spiro atoms. The summed E-state index contributed by atoms with van der Waals surface area (Å²) in [6.45, 7) is 2.29. The van der Waals surface area contributed by atoms with Crippen molar-refractivity contribution < 1.29 is 13.9 Å². The molecule has 1 saturated carbocycles. The van der Waals surface area contributed by atoms with Gasteiger partial charge in [0.1, 0.15) is 5.82 Å². The molecule has 1 saturated heterocycles. The Hall–Kier alpha value is -1.62. The van der Waals surface area contributed by atoms with Gasteiger partial charge in [0.05, 0.1) is 6.61 Å². The first-order chi connectivity index (χ1) is 9.72. The third-order valence-corrected chi connectivity index (χ3v) is 3.82. The van der Waals surface area contributed by atoms with E-state index in [9.17, 15) is 9.18 Å². The molecule has 0 unspecified atom stereocenters. The van der Waals surface area contributed by atoms with E-state index in [1.807, 2.05) is 4.90 Å². The quantitative estimate of drug-likeness (QED) is 0.920. The Labute approximate surface area is 117 Å². The Morgan fingerprint density at radius 1 is 1.30 bits per heavy atom. The van der Waals surface area contributed by atoms with Crippen LogP contribution in [-0.2, 0) is 4.74 Å². The van der Waals surface area contributed by atoms with Gasteiger partial charge in [-0.2, -0.15) is 0 Å². The molecule has 1 N–H and O–H groups in total. The van der Waals surface area contributed by atoms with Crippen LogP contribution >= 0.6 is 0 Å². The number of urea groups is 1. The monoisotopic (exact) mass is 278 g/mol. The topological polar surface area (TPSA) is 41.6 Å². The molecule has 2 amide bonds. The van der Waals surface area contributed by atoms with Gasteiger partial charge in [0, 0.05) is 30.8 Å². The molecule has 0 aromatic heterocycles. The van der Waals surface area contributed by atoms with E-state index in [1.54, 1.807) is 12.1 Å². The third-order valence-electron chi connectivity index (χ3n) is 3.82. The maximum Gasteiger partial charge on any atom is 0.322 e. The number of amides is 2. The molecule has 1 aromatic carbocycles. The van der Waals surface area contributed by atoms with Crippen molar-refractivity contribution in [2.45, 2.75) is 25.3 Å². The summed E-state index contributed by atoms with van der Waals surface area (Å²) in [6.07, 6.45) is 3.17. The molecule has 1 aliphatic heterocycles. The lowest BCUT2D eigenvalue weighted by atomic mass is 10.1. The number of nitrogens with one attached hydrogen (secondary N) is 1. The van der Waals surface area contributed by atoms with Crippen LogP contribution in [0, 0.1) is 11.7 Å². The first kappa shape index (κ1) is 13.4. The maximum absolute atomic E-state index is 12.9. The zero-order valence-corrected chi connectivity index (χ0v) is 11.3. The highest BCUT2D eigenvalue weighted by Crippen LogP contribution is 2.29. The standard InChI is InChI=1S/C15H19FN2O2/c16-12-1-3-13(4-2-12)17-15(19)18(14-5-6-14)9-11-7-8-20-10-11/h1-4,11,14H,5-10H2,(H,17,19)/t11-/m0/s1. The number of carbonyl (C=O) groups is 1. The minimum Gasteiger partial charge on any atom is -0.381 e. The normalized spacial score (nSPS) is 21.8. The van der Waals surface area contributed by atoms with E-state index in [2.05, 4.69) is 5.32 Å². The Bertz CT molecular complexity index is 467. The zero-order chi connectivity index (χ0) is 13.9. The van der Waals surface area contributed by atoms with Gasteiger partial charge in [-0.25, -0.2) is 9.18 Å². The van der Waals surface area contributed by atoms with Crippen LogP contribution in [-0.4, -0.2) is 36.7 Å². The van der Waals surface area contributed by atoms with Gasteiger partial charge in [0.2, 0.25) is 0 Å². The smallest absolute Gasteiger partial charge is 0.322 e. The molecule has 2 aliphatic rings. The second-order valence-corrected chi connectivity index (χ2v) is 5.55. The summed E-state index contributed by atoms with van der Waals surface area (Å²) in [7, 11) is 0. The van der Waals surface area contributed by atoms with Gasteiger partial charge in [0.25, 0.3) is 0 Å². The number of hydrogen-bond donors (Lipinski definition) is 1. The van der Waals surface area contributed by atoms with Gasteiger partial charge in [-0.15, -0.1) is 0 Å². The fourth-order valence-corrected chi connectivity index (χ4v) is 2.52. The van der Waals surface area contributed by atoms with E-state index in [0.29, 0.717) is 17.6 Å². The van der Waals surface area contributed by atoms with Gasteiger partial charge >= 0.3 is 6.03 Å². The number of nitrogens with zero attached hydrogens (tertiary/aromatic N) is 1. The van der Waals surface area contributed by atoms with Gasteiger partial charge in [0.15, 0.2) is 0 Å². The molecule has 1 aromatic rings. The summed E-state index contributed by atoms with van der Waals surface area (Å²) in [5.41, 5.74) is 0.629. The van der Waals surface area contributed by atoms with Gasteiger partial charge < -0.3 is 15.0 Å². The summed E-state index contributed by atoms with van der Waals surface area (Å²) in [6, 6.07) is 6.12. The molecule has 1 heterocycles. The van der Waals surface area contributed by atoms with E-state index < -0.39 is 0 Å². The molecular formula is C15H19FN2O2. The molecule has 1 atom stereocenters. The Balaban J connectivity index is 1.61. The maximum atomic E-state index is 12.9. The van der Waals surface area contributed by atoms with Crippen LogP contribution in [0.2, 0.25) is 0 Å². The Morgan fingerprint density at radius 2 is 2.05 bits per heavy atom. The number of rotatable bonds is 4. The Kier molecular flexibility index (Phi) is 3.87. The lowest BCUT2D eigenvalue weighted by Crippen LogP contribution is -2.40. The lowest BCUT2D eigenvalue weighted by Gasteiger charge is -2.25. The molecule has 4 nitrogen and oxygen atoms in total. The summed E-state index contributed by atoms with van der Waals surface area (Å²) in [5, 5.41) is 2.84. The second-order valence-electron chi connectivity index (χ2n) is 5.55. The van der Waals surface area contributed by atoms with Crippen molar-refractivity contribution in [3.05, 3.63) is 30.1 Å². The number of hydrogen-bond acceptors (Lipinski definition) is 2. The van der Waals surface area contributed by atoms with Crippen LogP contribution < -0.4 is 5.32 Å². The van der Waals surface area contributed by atoms with E-state index in [1.165, 1.54) is 12.1 Å². The molecule has 5 heteroatoms. The molecule has 0 radical (unpaired) electrons. The molecule has 20 heavy (non-hydrogen) atoms. The SMILES string of the molecule is O=C(Nc1ccc(F)cc1)N(C[C@@H]1CCOC1)C1CC1. The van der Waals surface area contributed by atoms with E-state index in [4.69, 9.17) is 4.74 Å². The number of carbonyl (C=O) groups excluding carboxylic acids is 1. The van der Waals surface area contributed by atoms with Crippen molar-refractivity contribution in [2.75, 3.05) is 25.1 Å². The van der Waals surface area contributed by atoms with Crippen LogP contribution in [0.25, 0.3) is 0 Å². The second kappa shape index (κ2) is 5.79. The summed E-state index contributed by atoms with van der Waals surface area (Å²) in [4.78, 5) is 14.3. The van der Waals surface area contributed by atoms with Crippen molar-refractivity contribution in [1.29, 1.82) is 0 Å². The number of ether oxygens (including phenoxy) is 1. The largest absolute Gasteiger partial charge is 0.381 e. The molecule has 3 rings (SSSR count). The fourth-order valence-electron chi connectivity index (χ4n) is 2.52.